The number of alkyl halides is 3. The molecule has 92 valence electrons. The van der Waals surface area contributed by atoms with Gasteiger partial charge in [0, 0.05) is 17.7 Å². The molecule has 17 heavy (non-hydrogen) atoms. The van der Waals surface area contributed by atoms with Gasteiger partial charge in [0.15, 0.2) is 5.78 Å². The van der Waals surface area contributed by atoms with Crippen molar-refractivity contribution in [3.63, 3.8) is 0 Å². The average Bonchev–Trinajstić information content (AvgIpc) is 2.99. The van der Waals surface area contributed by atoms with E-state index in [1.807, 2.05) is 0 Å². The monoisotopic (exact) mass is 243 g/mol. The summed E-state index contributed by atoms with van der Waals surface area (Å²) in [6.45, 7) is 0. The molecule has 2 N–H and O–H groups in total. The molecule has 0 heterocycles. The third kappa shape index (κ3) is 2.78. The zero-order valence-electron chi connectivity index (χ0n) is 9.05. The molecule has 1 fully saturated rings. The number of carbonyl (C=O) groups is 1. The second kappa shape index (κ2) is 4.05. The molecule has 0 aliphatic heterocycles. The fourth-order valence-corrected chi connectivity index (χ4v) is 1.73. The van der Waals surface area contributed by atoms with E-state index in [1.165, 1.54) is 0 Å². The lowest BCUT2D eigenvalue weighted by molar-refractivity contribution is -0.137. The summed E-state index contributed by atoms with van der Waals surface area (Å²) in [6.07, 6.45) is -2.47. The summed E-state index contributed by atoms with van der Waals surface area (Å²) in [5.74, 6) is -0.211. The minimum Gasteiger partial charge on any atom is -0.399 e. The van der Waals surface area contributed by atoms with Gasteiger partial charge in [0.1, 0.15) is 0 Å². The van der Waals surface area contributed by atoms with Crippen molar-refractivity contribution < 1.29 is 18.0 Å². The number of hydrogen-bond donors (Lipinski definition) is 1. The van der Waals surface area contributed by atoms with Crippen molar-refractivity contribution >= 4 is 11.5 Å². The number of Topliss-reactive ketones (excluding diaryl/α,β-unsaturated/α-hetero) is 1. The number of rotatable bonds is 3. The van der Waals surface area contributed by atoms with Crippen LogP contribution in [-0.2, 0) is 6.18 Å². The van der Waals surface area contributed by atoms with Gasteiger partial charge >= 0.3 is 6.18 Å². The smallest absolute Gasteiger partial charge is 0.399 e. The minimum atomic E-state index is -4.51. The molecular formula is C12H12F3NO. The van der Waals surface area contributed by atoms with Gasteiger partial charge in [0.05, 0.1) is 5.56 Å². The van der Waals surface area contributed by atoms with Crippen LogP contribution >= 0.6 is 0 Å². The van der Waals surface area contributed by atoms with E-state index in [0.717, 1.165) is 31.0 Å². The Morgan fingerprint density at radius 1 is 1.35 bits per heavy atom. The summed E-state index contributed by atoms with van der Waals surface area (Å²) in [6, 6.07) is 3.15. The van der Waals surface area contributed by atoms with Crippen molar-refractivity contribution in [3.8, 4) is 0 Å². The molecule has 1 aromatic carbocycles. The lowest BCUT2D eigenvalue weighted by Crippen LogP contribution is -2.14. The summed E-state index contributed by atoms with van der Waals surface area (Å²) in [5.41, 5.74) is 4.42. The zero-order valence-corrected chi connectivity index (χ0v) is 9.05. The van der Waals surface area contributed by atoms with Crippen molar-refractivity contribution in [2.45, 2.75) is 25.4 Å². The first-order valence-corrected chi connectivity index (χ1v) is 5.38. The number of nitrogens with two attached hydrogens (primary N) is 1. The van der Waals surface area contributed by atoms with Crippen molar-refractivity contribution in [3.05, 3.63) is 29.3 Å². The Bertz CT molecular complexity index is 450. The van der Waals surface area contributed by atoms with Gasteiger partial charge in [-0.2, -0.15) is 13.2 Å². The van der Waals surface area contributed by atoms with Gasteiger partial charge in [-0.1, -0.05) is 0 Å². The van der Waals surface area contributed by atoms with E-state index in [4.69, 9.17) is 5.73 Å². The largest absolute Gasteiger partial charge is 0.417 e. The summed E-state index contributed by atoms with van der Waals surface area (Å²) < 4.78 is 38.1. The second-order valence-electron chi connectivity index (χ2n) is 4.37. The third-order valence-electron chi connectivity index (χ3n) is 2.82. The lowest BCUT2D eigenvalue weighted by Gasteiger charge is -2.12. The molecule has 2 rings (SSSR count). The van der Waals surface area contributed by atoms with Gasteiger partial charge in [0.2, 0.25) is 0 Å². The Morgan fingerprint density at radius 2 is 2.00 bits per heavy atom. The molecular weight excluding hydrogens is 231 g/mol. The van der Waals surface area contributed by atoms with Gasteiger partial charge in [-0.15, -0.1) is 0 Å². The van der Waals surface area contributed by atoms with Crippen LogP contribution in [0.15, 0.2) is 18.2 Å². The molecule has 0 radical (unpaired) electrons. The molecule has 0 bridgehead atoms. The van der Waals surface area contributed by atoms with E-state index in [2.05, 4.69) is 0 Å². The number of ketones is 1. The van der Waals surface area contributed by atoms with Crippen LogP contribution in [0.5, 0.6) is 0 Å². The van der Waals surface area contributed by atoms with Crippen LogP contribution in [0.25, 0.3) is 0 Å². The normalized spacial score (nSPS) is 15.9. The van der Waals surface area contributed by atoms with Gasteiger partial charge in [-0.25, -0.2) is 0 Å². The Morgan fingerprint density at radius 3 is 2.53 bits per heavy atom. The van der Waals surface area contributed by atoms with Crippen LogP contribution in [0.2, 0.25) is 0 Å². The molecule has 0 saturated heterocycles. The molecule has 1 saturated carbocycles. The predicted molar refractivity (Wildman–Crippen MR) is 57.5 cm³/mol. The molecule has 2 nitrogen and oxygen atoms in total. The van der Waals surface area contributed by atoms with Crippen molar-refractivity contribution in [2.24, 2.45) is 5.92 Å². The van der Waals surface area contributed by atoms with Gasteiger partial charge < -0.3 is 5.73 Å². The van der Waals surface area contributed by atoms with E-state index in [0.29, 0.717) is 0 Å². The van der Waals surface area contributed by atoms with E-state index in [-0.39, 0.29) is 23.6 Å². The van der Waals surface area contributed by atoms with Crippen molar-refractivity contribution in [1.82, 2.24) is 0 Å². The summed E-state index contributed by atoms with van der Waals surface area (Å²) >= 11 is 0. The lowest BCUT2D eigenvalue weighted by atomic mass is 9.99. The van der Waals surface area contributed by atoms with E-state index >= 15 is 0 Å². The van der Waals surface area contributed by atoms with Crippen LogP contribution < -0.4 is 5.73 Å². The Hall–Kier alpha value is -1.52. The fraction of sp³-hybridized carbons (Fsp3) is 0.417. The van der Waals surface area contributed by atoms with Crippen LogP contribution in [0, 0.1) is 5.92 Å². The fourth-order valence-electron chi connectivity index (χ4n) is 1.73. The topological polar surface area (TPSA) is 43.1 Å². The highest BCUT2D eigenvalue weighted by molar-refractivity contribution is 5.98. The first kappa shape index (κ1) is 12.0. The minimum absolute atomic E-state index is 0.178. The summed E-state index contributed by atoms with van der Waals surface area (Å²) in [4.78, 5) is 11.8. The van der Waals surface area contributed by atoms with Gasteiger partial charge in [-0.05, 0) is 37.0 Å². The van der Waals surface area contributed by atoms with E-state index in [1.54, 1.807) is 0 Å². The molecule has 0 unspecified atom stereocenters. The third-order valence-corrected chi connectivity index (χ3v) is 2.82. The van der Waals surface area contributed by atoms with E-state index in [9.17, 15) is 18.0 Å². The predicted octanol–water partition coefficient (Wildman–Crippen LogP) is 3.27. The highest BCUT2D eigenvalue weighted by atomic mass is 19.4. The van der Waals surface area contributed by atoms with Crippen molar-refractivity contribution in [1.29, 1.82) is 0 Å². The van der Waals surface area contributed by atoms with Crippen LogP contribution in [-0.4, -0.2) is 5.78 Å². The number of nitrogen functional groups attached to an aromatic ring is 1. The molecule has 0 aromatic heterocycles. The molecule has 1 aromatic rings. The maximum Gasteiger partial charge on any atom is 0.417 e. The number of hydrogen-bond acceptors (Lipinski definition) is 2. The SMILES string of the molecule is Nc1ccc(C(F)(F)F)c(C(=O)CC2CC2)c1. The van der Waals surface area contributed by atoms with Crippen LogP contribution in [0.4, 0.5) is 18.9 Å². The van der Waals surface area contributed by atoms with Crippen LogP contribution in [0.3, 0.4) is 0 Å². The Balaban J connectivity index is 2.35. The number of benzene rings is 1. The zero-order chi connectivity index (χ0) is 12.6. The van der Waals surface area contributed by atoms with Crippen LogP contribution in [0.1, 0.15) is 35.2 Å². The summed E-state index contributed by atoms with van der Waals surface area (Å²) in [5, 5.41) is 0. The first-order chi connectivity index (χ1) is 7.88. The number of halogens is 3. The maximum absolute atomic E-state index is 12.7. The second-order valence-corrected chi connectivity index (χ2v) is 4.37. The molecule has 1 aliphatic carbocycles. The highest BCUT2D eigenvalue weighted by Crippen LogP contribution is 2.37. The van der Waals surface area contributed by atoms with E-state index < -0.39 is 17.5 Å². The Kier molecular flexibility index (Phi) is 2.85. The quantitative estimate of drug-likeness (QED) is 0.654. The molecule has 5 heteroatoms. The number of anilines is 1. The van der Waals surface area contributed by atoms with Gasteiger partial charge in [-0.3, -0.25) is 4.79 Å². The molecule has 0 amide bonds. The standard InChI is InChI=1S/C12H12F3NO/c13-12(14,15)10-4-3-8(16)6-9(10)11(17)5-7-1-2-7/h3-4,6-7H,1-2,5,16H2. The maximum atomic E-state index is 12.7. The van der Waals surface area contributed by atoms with Gasteiger partial charge in [0.25, 0.3) is 0 Å². The molecule has 0 atom stereocenters. The molecule has 0 spiro atoms. The van der Waals surface area contributed by atoms with Crippen molar-refractivity contribution in [2.75, 3.05) is 5.73 Å². The summed E-state index contributed by atoms with van der Waals surface area (Å²) in [7, 11) is 0. The first-order valence-electron chi connectivity index (χ1n) is 5.38. The molecule has 1 aliphatic rings. The highest BCUT2D eigenvalue weighted by Gasteiger charge is 2.36. The Labute approximate surface area is 96.6 Å². The number of carbonyl (C=O) groups excluding carboxylic acids is 1. The average molecular weight is 243 g/mol.